The first-order valence-corrected chi connectivity index (χ1v) is 10.1. The predicted molar refractivity (Wildman–Crippen MR) is 110 cm³/mol. The minimum absolute atomic E-state index is 0.00698. The second-order valence-electron chi connectivity index (χ2n) is 6.39. The van der Waals surface area contributed by atoms with E-state index in [-0.39, 0.29) is 17.9 Å². The number of hydrogen-bond acceptors (Lipinski definition) is 5. The molecule has 5 nitrogen and oxygen atoms in total. The van der Waals surface area contributed by atoms with E-state index in [1.165, 1.54) is 7.11 Å². The van der Waals surface area contributed by atoms with E-state index in [1.807, 2.05) is 42.5 Å². The SMILES string of the molecule is COCC(=O)N1NC(c2cccc(Cl)c2)SC1(CCCN)c1ccccc1. The van der Waals surface area contributed by atoms with Crippen molar-refractivity contribution in [3.8, 4) is 0 Å². The molecule has 2 unspecified atom stereocenters. The van der Waals surface area contributed by atoms with Crippen LogP contribution in [0.3, 0.4) is 0 Å². The van der Waals surface area contributed by atoms with Gasteiger partial charge in [-0.1, -0.05) is 54.1 Å². The van der Waals surface area contributed by atoms with Crippen molar-refractivity contribution in [1.29, 1.82) is 0 Å². The van der Waals surface area contributed by atoms with Crippen molar-refractivity contribution in [1.82, 2.24) is 10.4 Å². The summed E-state index contributed by atoms with van der Waals surface area (Å²) >= 11 is 7.89. The molecule has 144 valence electrons. The number of carbonyl (C=O) groups is 1. The highest BCUT2D eigenvalue weighted by atomic mass is 35.5. The van der Waals surface area contributed by atoms with Gasteiger partial charge in [-0.05, 0) is 42.6 Å². The summed E-state index contributed by atoms with van der Waals surface area (Å²) in [5, 5.41) is 2.28. The van der Waals surface area contributed by atoms with Crippen LogP contribution < -0.4 is 11.2 Å². The molecule has 27 heavy (non-hydrogen) atoms. The average Bonchev–Trinajstić information content (AvgIpc) is 3.08. The quantitative estimate of drug-likeness (QED) is 0.735. The van der Waals surface area contributed by atoms with Crippen LogP contribution in [0, 0.1) is 0 Å². The lowest BCUT2D eigenvalue weighted by atomic mass is 10.00. The highest BCUT2D eigenvalue weighted by Crippen LogP contribution is 2.54. The van der Waals surface area contributed by atoms with Gasteiger partial charge in [0.15, 0.2) is 0 Å². The molecule has 0 saturated carbocycles. The van der Waals surface area contributed by atoms with Gasteiger partial charge >= 0.3 is 0 Å². The largest absolute Gasteiger partial charge is 0.375 e. The lowest BCUT2D eigenvalue weighted by molar-refractivity contribution is -0.142. The minimum atomic E-state index is -0.566. The molecule has 2 atom stereocenters. The summed E-state index contributed by atoms with van der Waals surface area (Å²) in [6.07, 6.45) is 1.53. The van der Waals surface area contributed by atoms with E-state index >= 15 is 0 Å². The molecule has 1 aliphatic rings. The molecule has 1 amide bonds. The van der Waals surface area contributed by atoms with Gasteiger partial charge in [0.05, 0.1) is 5.37 Å². The molecule has 0 bridgehead atoms. The summed E-state index contributed by atoms with van der Waals surface area (Å²) in [6.45, 7) is 0.566. The van der Waals surface area contributed by atoms with Crippen LogP contribution in [0.15, 0.2) is 54.6 Å². The molecule has 7 heteroatoms. The summed E-state index contributed by atoms with van der Waals surface area (Å²) < 4.78 is 5.12. The maximum atomic E-state index is 12.9. The number of benzene rings is 2. The Morgan fingerprint density at radius 2 is 2.07 bits per heavy atom. The highest BCUT2D eigenvalue weighted by Gasteiger charge is 2.50. The predicted octanol–water partition coefficient (Wildman–Crippen LogP) is 3.66. The van der Waals surface area contributed by atoms with E-state index in [0.717, 1.165) is 24.0 Å². The lowest BCUT2D eigenvalue weighted by Crippen LogP contribution is -2.50. The number of halogens is 1. The summed E-state index contributed by atoms with van der Waals surface area (Å²) in [4.78, 5) is 12.3. The number of hydrogen-bond donors (Lipinski definition) is 2. The van der Waals surface area contributed by atoms with E-state index in [9.17, 15) is 4.79 Å². The van der Waals surface area contributed by atoms with Crippen molar-refractivity contribution in [2.24, 2.45) is 5.73 Å². The Morgan fingerprint density at radius 3 is 2.74 bits per heavy atom. The Labute approximate surface area is 169 Å². The molecule has 2 aromatic carbocycles. The number of thioether (sulfide) groups is 1. The Morgan fingerprint density at radius 1 is 1.30 bits per heavy atom. The van der Waals surface area contributed by atoms with E-state index in [1.54, 1.807) is 16.8 Å². The number of amides is 1. The standard InChI is InChI=1S/C20H24ClN3O2S/c1-26-14-18(25)24-20(11-6-12-22,16-8-3-2-4-9-16)27-19(23-24)15-7-5-10-17(21)13-15/h2-5,7-10,13,19,23H,6,11-12,14,22H2,1H3. The summed E-state index contributed by atoms with van der Waals surface area (Å²) in [5.41, 5.74) is 11.3. The maximum Gasteiger partial charge on any atom is 0.264 e. The Kier molecular flexibility index (Phi) is 6.78. The number of rotatable bonds is 7. The fraction of sp³-hybridized carbons (Fsp3) is 0.350. The van der Waals surface area contributed by atoms with Gasteiger partial charge in [0, 0.05) is 12.1 Å². The molecule has 1 heterocycles. The van der Waals surface area contributed by atoms with Gasteiger partial charge < -0.3 is 10.5 Å². The molecule has 0 radical (unpaired) electrons. The van der Waals surface area contributed by atoms with E-state index in [2.05, 4.69) is 17.6 Å². The molecule has 0 spiro atoms. The zero-order valence-electron chi connectivity index (χ0n) is 15.2. The zero-order valence-corrected chi connectivity index (χ0v) is 16.8. The topological polar surface area (TPSA) is 67.6 Å². The normalized spacial score (nSPS) is 22.2. The van der Waals surface area contributed by atoms with Crippen molar-refractivity contribution in [2.45, 2.75) is 23.1 Å². The fourth-order valence-electron chi connectivity index (χ4n) is 3.32. The molecule has 0 aromatic heterocycles. The first-order chi connectivity index (χ1) is 13.1. The maximum absolute atomic E-state index is 12.9. The van der Waals surface area contributed by atoms with Crippen LogP contribution in [0.5, 0.6) is 0 Å². The van der Waals surface area contributed by atoms with Crippen LogP contribution >= 0.6 is 23.4 Å². The molecule has 1 fully saturated rings. The smallest absolute Gasteiger partial charge is 0.264 e. The molecule has 0 aliphatic carbocycles. The van der Waals surface area contributed by atoms with Gasteiger partial charge in [-0.2, -0.15) is 0 Å². The molecular formula is C20H24ClN3O2S. The van der Waals surface area contributed by atoms with Crippen LogP contribution in [-0.4, -0.2) is 31.2 Å². The third kappa shape index (κ3) is 4.31. The van der Waals surface area contributed by atoms with Gasteiger partial charge in [-0.25, -0.2) is 5.43 Å². The number of hydrazine groups is 1. The van der Waals surface area contributed by atoms with Crippen molar-refractivity contribution in [3.63, 3.8) is 0 Å². The molecular weight excluding hydrogens is 382 g/mol. The van der Waals surface area contributed by atoms with Crippen LogP contribution in [0.4, 0.5) is 0 Å². The monoisotopic (exact) mass is 405 g/mol. The first kappa shape index (κ1) is 20.2. The number of nitrogens with two attached hydrogens (primary N) is 1. The van der Waals surface area contributed by atoms with E-state index in [4.69, 9.17) is 22.1 Å². The zero-order chi connectivity index (χ0) is 19.3. The minimum Gasteiger partial charge on any atom is -0.375 e. The van der Waals surface area contributed by atoms with Crippen LogP contribution in [0.25, 0.3) is 0 Å². The molecule has 3 rings (SSSR count). The van der Waals surface area contributed by atoms with Gasteiger partial charge in [0.1, 0.15) is 11.5 Å². The third-order valence-electron chi connectivity index (χ3n) is 4.53. The Bertz CT molecular complexity index is 777. The van der Waals surface area contributed by atoms with E-state index < -0.39 is 4.87 Å². The lowest BCUT2D eigenvalue weighted by Gasteiger charge is -2.37. The number of nitrogens with zero attached hydrogens (tertiary/aromatic N) is 1. The van der Waals surface area contributed by atoms with Crippen LogP contribution in [0.1, 0.15) is 29.3 Å². The number of nitrogens with one attached hydrogen (secondary N) is 1. The molecule has 2 aromatic rings. The highest BCUT2D eigenvalue weighted by molar-refractivity contribution is 8.00. The van der Waals surface area contributed by atoms with Crippen LogP contribution in [0.2, 0.25) is 5.02 Å². The molecule has 3 N–H and O–H groups in total. The van der Waals surface area contributed by atoms with Crippen molar-refractivity contribution in [2.75, 3.05) is 20.3 Å². The average molecular weight is 406 g/mol. The van der Waals surface area contributed by atoms with E-state index in [0.29, 0.717) is 11.6 Å². The van der Waals surface area contributed by atoms with Gasteiger partial charge in [0.2, 0.25) is 0 Å². The van der Waals surface area contributed by atoms with Crippen molar-refractivity contribution >= 4 is 29.3 Å². The number of ether oxygens (including phenoxy) is 1. The number of carbonyl (C=O) groups excluding carboxylic acids is 1. The third-order valence-corrected chi connectivity index (χ3v) is 6.39. The van der Waals surface area contributed by atoms with Gasteiger partial charge in [-0.15, -0.1) is 11.8 Å². The van der Waals surface area contributed by atoms with Crippen molar-refractivity contribution in [3.05, 3.63) is 70.7 Å². The second kappa shape index (κ2) is 9.08. The Balaban J connectivity index is 2.04. The van der Waals surface area contributed by atoms with Crippen LogP contribution in [-0.2, 0) is 14.4 Å². The Hall–Kier alpha value is -1.57. The summed E-state index contributed by atoms with van der Waals surface area (Å²) in [7, 11) is 1.53. The second-order valence-corrected chi connectivity index (χ2v) is 8.21. The fourth-order valence-corrected chi connectivity index (χ4v) is 5.15. The number of methoxy groups -OCH3 is 1. The van der Waals surface area contributed by atoms with Gasteiger partial charge in [-0.3, -0.25) is 9.80 Å². The molecule has 1 saturated heterocycles. The van der Waals surface area contributed by atoms with Gasteiger partial charge in [0.25, 0.3) is 5.91 Å². The summed E-state index contributed by atoms with van der Waals surface area (Å²) in [5.74, 6) is -0.115. The first-order valence-electron chi connectivity index (χ1n) is 8.88. The van der Waals surface area contributed by atoms with Crippen molar-refractivity contribution < 1.29 is 9.53 Å². The molecule has 1 aliphatic heterocycles. The summed E-state index contributed by atoms with van der Waals surface area (Å²) in [6, 6.07) is 17.8.